The number of aliphatic hydroxyl groups excluding tert-OH is 1. The molecule has 1 amide bonds. The van der Waals surface area contributed by atoms with Gasteiger partial charge in [-0.25, -0.2) is 14.6 Å². The number of halogens is 1. The number of cyclic esters (lactones) is 1. The number of carboxylic acid groups (broad SMARTS) is 1. The van der Waals surface area contributed by atoms with Crippen LogP contribution in [-0.4, -0.2) is 69.9 Å². The van der Waals surface area contributed by atoms with Gasteiger partial charge in [-0.1, -0.05) is 36.8 Å². The average molecular weight is 459 g/mol. The molecule has 1 saturated heterocycles. The van der Waals surface area contributed by atoms with Crippen LogP contribution < -0.4 is 0 Å². The Hall–Kier alpha value is -1.65. The minimum atomic E-state index is -1.06. The van der Waals surface area contributed by atoms with Gasteiger partial charge in [-0.2, -0.15) is 0 Å². The van der Waals surface area contributed by atoms with Crippen LogP contribution in [0, 0.1) is 5.41 Å². The number of aromatic nitrogens is 1. The lowest BCUT2D eigenvalue weighted by Crippen LogP contribution is -2.41. The zero-order chi connectivity index (χ0) is 21.6. The maximum atomic E-state index is 12.4. The number of aromatic carboxylic acids is 1. The number of carbonyl (C=O) groups is 2. The van der Waals surface area contributed by atoms with Crippen molar-refractivity contribution in [2.75, 3.05) is 25.6 Å². The molecular formula is C20H27FN2O5S2. The minimum absolute atomic E-state index is 0.0225. The van der Waals surface area contributed by atoms with Gasteiger partial charge < -0.3 is 14.9 Å². The van der Waals surface area contributed by atoms with Crippen molar-refractivity contribution < 1.29 is 28.9 Å². The fourth-order valence-corrected chi connectivity index (χ4v) is 5.68. The van der Waals surface area contributed by atoms with E-state index in [0.29, 0.717) is 23.1 Å². The molecule has 0 spiro atoms. The second-order valence-corrected chi connectivity index (χ2v) is 9.88. The van der Waals surface area contributed by atoms with Gasteiger partial charge in [0, 0.05) is 17.7 Å². The summed E-state index contributed by atoms with van der Waals surface area (Å²) in [5.74, 6) is -0.499. The summed E-state index contributed by atoms with van der Waals surface area (Å²) < 4.78 is 18.2. The zero-order valence-electron chi connectivity index (χ0n) is 16.7. The summed E-state index contributed by atoms with van der Waals surface area (Å²) >= 11 is 2.65. The summed E-state index contributed by atoms with van der Waals surface area (Å²) in [5, 5.41) is 21.1. The van der Waals surface area contributed by atoms with E-state index in [4.69, 9.17) is 9.84 Å². The number of thioether (sulfide) groups is 1. The number of hydrogen-bond acceptors (Lipinski definition) is 7. The van der Waals surface area contributed by atoms with Gasteiger partial charge >= 0.3 is 12.1 Å². The molecule has 0 bridgehead atoms. The number of nitrogens with zero attached hydrogens (tertiary/aromatic N) is 2. The van der Waals surface area contributed by atoms with E-state index >= 15 is 0 Å². The molecule has 1 saturated carbocycles. The lowest BCUT2D eigenvalue weighted by Gasteiger charge is -2.45. The monoisotopic (exact) mass is 458 g/mol. The second kappa shape index (κ2) is 10.6. The molecule has 1 aliphatic heterocycles. The standard InChI is InChI=1S/C20H27FN2O5S2/c21-9-2-1-6-20(7-3-8-20)16(24)5-4-14-12-28-19(27)23(14)10-11-29-18-22-15(13-30-18)17(25)26/h4-5,13-14,16,24H,1-3,6-12H2,(H,25,26)/b5-4+/t14-,16-/m0/s1. The Morgan fingerprint density at radius 1 is 1.50 bits per heavy atom. The van der Waals surface area contributed by atoms with Gasteiger partial charge in [-0.05, 0) is 31.1 Å². The van der Waals surface area contributed by atoms with Gasteiger partial charge in [0.05, 0.1) is 18.8 Å². The van der Waals surface area contributed by atoms with Crippen molar-refractivity contribution in [3.63, 3.8) is 0 Å². The Labute approximate surface area is 183 Å². The van der Waals surface area contributed by atoms with E-state index in [0.717, 1.165) is 32.1 Å². The molecule has 0 radical (unpaired) electrons. The molecule has 10 heteroatoms. The quantitative estimate of drug-likeness (QED) is 0.278. The van der Waals surface area contributed by atoms with E-state index in [1.807, 2.05) is 6.08 Å². The normalized spacial score (nSPS) is 21.6. The highest BCUT2D eigenvalue weighted by Crippen LogP contribution is 2.48. The van der Waals surface area contributed by atoms with Crippen molar-refractivity contribution in [1.82, 2.24) is 9.88 Å². The van der Waals surface area contributed by atoms with Crippen LogP contribution in [0.3, 0.4) is 0 Å². The van der Waals surface area contributed by atoms with Crippen molar-refractivity contribution in [3.05, 3.63) is 23.2 Å². The molecule has 2 N–H and O–H groups in total. The van der Waals surface area contributed by atoms with E-state index in [1.165, 1.54) is 28.5 Å². The van der Waals surface area contributed by atoms with Crippen LogP contribution >= 0.6 is 23.1 Å². The predicted octanol–water partition coefficient (Wildman–Crippen LogP) is 3.98. The molecule has 7 nitrogen and oxygen atoms in total. The number of alkyl halides is 1. The minimum Gasteiger partial charge on any atom is -0.476 e. The Morgan fingerprint density at radius 2 is 2.30 bits per heavy atom. The molecule has 166 valence electrons. The van der Waals surface area contributed by atoms with Crippen molar-refractivity contribution >= 4 is 35.2 Å². The van der Waals surface area contributed by atoms with E-state index < -0.39 is 18.2 Å². The van der Waals surface area contributed by atoms with Crippen LogP contribution in [0.1, 0.15) is 49.0 Å². The lowest BCUT2D eigenvalue weighted by atomic mass is 9.62. The molecule has 30 heavy (non-hydrogen) atoms. The first-order chi connectivity index (χ1) is 14.4. The van der Waals surface area contributed by atoms with Crippen molar-refractivity contribution in [3.8, 4) is 0 Å². The van der Waals surface area contributed by atoms with Gasteiger partial charge in [0.1, 0.15) is 6.61 Å². The number of aliphatic hydroxyl groups is 1. The molecule has 0 unspecified atom stereocenters. The molecule has 2 aliphatic rings. The highest BCUT2D eigenvalue weighted by atomic mass is 32.2. The van der Waals surface area contributed by atoms with Crippen molar-refractivity contribution in [1.29, 1.82) is 0 Å². The van der Waals surface area contributed by atoms with Gasteiger partial charge in [0.2, 0.25) is 0 Å². The van der Waals surface area contributed by atoms with E-state index in [1.54, 1.807) is 11.0 Å². The smallest absolute Gasteiger partial charge is 0.410 e. The maximum absolute atomic E-state index is 12.4. The summed E-state index contributed by atoms with van der Waals surface area (Å²) in [6.07, 6.45) is 7.67. The van der Waals surface area contributed by atoms with Crippen LogP contribution in [0.4, 0.5) is 9.18 Å². The average Bonchev–Trinajstić information content (AvgIpc) is 3.30. The van der Waals surface area contributed by atoms with E-state index in [2.05, 4.69) is 4.98 Å². The summed E-state index contributed by atoms with van der Waals surface area (Å²) in [4.78, 5) is 28.6. The van der Waals surface area contributed by atoms with E-state index in [9.17, 15) is 19.1 Å². The largest absolute Gasteiger partial charge is 0.476 e. The predicted molar refractivity (Wildman–Crippen MR) is 113 cm³/mol. The summed E-state index contributed by atoms with van der Waals surface area (Å²) in [6.45, 7) is 0.343. The molecule has 2 atom stereocenters. The molecular weight excluding hydrogens is 431 g/mol. The van der Waals surface area contributed by atoms with Crippen molar-refractivity contribution in [2.24, 2.45) is 5.41 Å². The van der Waals surface area contributed by atoms with Gasteiger partial charge in [-0.15, -0.1) is 11.3 Å². The number of rotatable bonds is 12. The summed E-state index contributed by atoms with van der Waals surface area (Å²) in [5.41, 5.74) is -0.142. The number of amides is 1. The number of unbranched alkanes of at least 4 members (excludes halogenated alkanes) is 1. The van der Waals surface area contributed by atoms with Crippen molar-refractivity contribution in [2.45, 2.75) is 55.0 Å². The lowest BCUT2D eigenvalue weighted by molar-refractivity contribution is -0.0147. The third kappa shape index (κ3) is 5.53. The molecule has 1 aliphatic carbocycles. The molecule has 0 aromatic carbocycles. The van der Waals surface area contributed by atoms with Gasteiger partial charge in [-0.3, -0.25) is 9.29 Å². The molecule has 2 fully saturated rings. The number of hydrogen-bond donors (Lipinski definition) is 2. The number of thiazole rings is 1. The highest BCUT2D eigenvalue weighted by Gasteiger charge is 2.42. The number of carboxylic acids is 1. The van der Waals surface area contributed by atoms with Crippen LogP contribution in [0.2, 0.25) is 0 Å². The van der Waals surface area contributed by atoms with Crippen LogP contribution in [0.25, 0.3) is 0 Å². The third-order valence-electron chi connectivity index (χ3n) is 5.82. The van der Waals surface area contributed by atoms with E-state index in [-0.39, 0.29) is 30.4 Å². The highest BCUT2D eigenvalue weighted by molar-refractivity contribution is 8.01. The summed E-state index contributed by atoms with van der Waals surface area (Å²) in [6, 6.07) is -0.249. The van der Waals surface area contributed by atoms with Gasteiger partial charge in [0.15, 0.2) is 10.0 Å². The molecule has 1 aromatic heterocycles. The Bertz CT molecular complexity index is 768. The number of carbonyl (C=O) groups excluding carboxylic acids is 1. The molecule has 1 aromatic rings. The maximum Gasteiger partial charge on any atom is 0.410 e. The first-order valence-corrected chi connectivity index (χ1v) is 12.0. The van der Waals surface area contributed by atoms with Gasteiger partial charge in [0.25, 0.3) is 0 Å². The summed E-state index contributed by atoms with van der Waals surface area (Å²) in [7, 11) is 0. The molecule has 2 heterocycles. The van der Waals surface area contributed by atoms with Crippen LogP contribution in [-0.2, 0) is 4.74 Å². The SMILES string of the molecule is O=C(O)c1csc(SCCN2C(=O)OC[C@@H]2/C=C/[C@H](O)C2(CCCCF)CCC2)n1. The first kappa shape index (κ1) is 23.0. The number of ether oxygens (including phenoxy) is 1. The third-order valence-corrected chi connectivity index (χ3v) is 7.82. The first-order valence-electron chi connectivity index (χ1n) is 10.1. The fourth-order valence-electron chi connectivity index (χ4n) is 3.87. The topological polar surface area (TPSA) is 100.0 Å². The second-order valence-electron chi connectivity index (χ2n) is 7.68. The van der Waals surface area contributed by atoms with Crippen LogP contribution in [0.15, 0.2) is 21.9 Å². The molecule has 3 rings (SSSR count). The Morgan fingerprint density at radius 3 is 2.93 bits per heavy atom. The Kier molecular flexibility index (Phi) is 8.13. The Balaban J connectivity index is 1.51. The van der Waals surface area contributed by atoms with Crippen LogP contribution in [0.5, 0.6) is 0 Å². The fraction of sp³-hybridized carbons (Fsp3) is 0.650. The zero-order valence-corrected chi connectivity index (χ0v) is 18.3.